The van der Waals surface area contributed by atoms with E-state index in [-0.39, 0.29) is 5.91 Å². The van der Waals surface area contributed by atoms with Crippen LogP contribution in [-0.4, -0.2) is 16.7 Å². The maximum Gasteiger partial charge on any atom is 0.269 e. The van der Waals surface area contributed by atoms with Crippen LogP contribution in [-0.2, 0) is 4.79 Å². The predicted molar refractivity (Wildman–Crippen MR) is 75.8 cm³/mol. The Bertz CT molecular complexity index is 600. The van der Waals surface area contributed by atoms with Crippen LogP contribution < -0.4 is 10.1 Å². The summed E-state index contributed by atoms with van der Waals surface area (Å²) in [4.78, 5) is 12.2. The number of carbonyl (C=O) groups is 1. The second-order valence-corrected chi connectivity index (χ2v) is 5.20. The molecule has 2 aromatic rings. The fourth-order valence-corrected chi connectivity index (χ4v) is 1.64. The predicted octanol–water partition coefficient (Wildman–Crippen LogP) is 3.09. The highest BCUT2D eigenvalue weighted by atomic mass is 16.5. The van der Waals surface area contributed by atoms with Crippen molar-refractivity contribution >= 4 is 11.7 Å². The Morgan fingerprint density at radius 1 is 1.25 bits per heavy atom. The van der Waals surface area contributed by atoms with Crippen LogP contribution in [0.25, 0.3) is 0 Å². The summed E-state index contributed by atoms with van der Waals surface area (Å²) >= 11 is 0. The highest BCUT2D eigenvalue weighted by molar-refractivity contribution is 5.96. The molecule has 5 heteroatoms. The number of aromatic nitrogens is 1. The highest BCUT2D eigenvalue weighted by Crippen LogP contribution is 2.20. The number of benzene rings is 1. The molecule has 1 aromatic carbocycles. The Kier molecular flexibility index (Phi) is 3.79. The molecule has 0 saturated heterocycles. The maximum atomic E-state index is 12.2. The van der Waals surface area contributed by atoms with Crippen molar-refractivity contribution in [2.75, 3.05) is 5.32 Å². The number of carbonyl (C=O) groups excluding carboxylic acids is 1. The van der Waals surface area contributed by atoms with Crippen molar-refractivity contribution in [3.8, 4) is 5.75 Å². The molecule has 0 unspecified atom stereocenters. The third kappa shape index (κ3) is 3.38. The number of anilines is 1. The Morgan fingerprint density at radius 2 is 1.90 bits per heavy atom. The monoisotopic (exact) mass is 274 g/mol. The van der Waals surface area contributed by atoms with Gasteiger partial charge in [0, 0.05) is 6.07 Å². The molecule has 0 aliphatic heterocycles. The molecule has 0 fully saturated rings. The van der Waals surface area contributed by atoms with Gasteiger partial charge in [-0.2, -0.15) is 0 Å². The summed E-state index contributed by atoms with van der Waals surface area (Å²) in [7, 11) is 0. The molecule has 1 aromatic heterocycles. The van der Waals surface area contributed by atoms with Crippen molar-refractivity contribution in [1.29, 1.82) is 0 Å². The van der Waals surface area contributed by atoms with Gasteiger partial charge in [0.05, 0.1) is 0 Å². The van der Waals surface area contributed by atoms with E-state index in [4.69, 9.17) is 9.26 Å². The molecule has 2 rings (SSSR count). The first-order chi connectivity index (χ1) is 9.37. The Morgan fingerprint density at radius 3 is 2.45 bits per heavy atom. The fourth-order valence-electron chi connectivity index (χ4n) is 1.64. The molecule has 0 saturated carbocycles. The molecule has 0 aliphatic carbocycles. The van der Waals surface area contributed by atoms with E-state index in [1.54, 1.807) is 26.8 Å². The van der Waals surface area contributed by atoms with Gasteiger partial charge in [-0.05, 0) is 39.8 Å². The van der Waals surface area contributed by atoms with Crippen LogP contribution in [0.3, 0.4) is 0 Å². The van der Waals surface area contributed by atoms with Gasteiger partial charge < -0.3 is 14.6 Å². The van der Waals surface area contributed by atoms with Crippen LogP contribution in [0.5, 0.6) is 5.75 Å². The molecule has 0 aliphatic rings. The van der Waals surface area contributed by atoms with E-state index < -0.39 is 5.60 Å². The second-order valence-electron chi connectivity index (χ2n) is 5.20. The third-order valence-electron chi connectivity index (χ3n) is 2.81. The van der Waals surface area contributed by atoms with Crippen molar-refractivity contribution in [2.45, 2.75) is 33.3 Å². The van der Waals surface area contributed by atoms with Gasteiger partial charge in [-0.25, -0.2) is 0 Å². The van der Waals surface area contributed by atoms with Gasteiger partial charge in [0.15, 0.2) is 11.4 Å². The largest absolute Gasteiger partial charge is 0.478 e. The van der Waals surface area contributed by atoms with Crippen LogP contribution in [0, 0.1) is 13.8 Å². The first-order valence-electron chi connectivity index (χ1n) is 6.37. The van der Waals surface area contributed by atoms with E-state index in [1.165, 1.54) is 0 Å². The van der Waals surface area contributed by atoms with Crippen molar-refractivity contribution in [2.24, 2.45) is 0 Å². The highest BCUT2D eigenvalue weighted by Gasteiger charge is 2.30. The summed E-state index contributed by atoms with van der Waals surface area (Å²) in [5, 5.41) is 6.39. The van der Waals surface area contributed by atoms with Gasteiger partial charge in [0.2, 0.25) is 0 Å². The van der Waals surface area contributed by atoms with Crippen LogP contribution in [0.1, 0.15) is 25.2 Å². The lowest BCUT2D eigenvalue weighted by Gasteiger charge is -2.24. The molecule has 1 heterocycles. The Hall–Kier alpha value is -2.30. The minimum Gasteiger partial charge on any atom is -0.478 e. The lowest BCUT2D eigenvalue weighted by molar-refractivity contribution is -0.128. The van der Waals surface area contributed by atoms with E-state index in [1.807, 2.05) is 31.2 Å². The molecule has 1 amide bonds. The summed E-state index contributed by atoms with van der Waals surface area (Å²) in [6.45, 7) is 7.16. The van der Waals surface area contributed by atoms with E-state index in [9.17, 15) is 4.79 Å². The summed E-state index contributed by atoms with van der Waals surface area (Å²) in [5.41, 5.74) is 0.125. The maximum absolute atomic E-state index is 12.2. The first-order valence-corrected chi connectivity index (χ1v) is 6.37. The number of rotatable bonds is 4. The third-order valence-corrected chi connectivity index (χ3v) is 2.81. The number of amides is 1. The zero-order valence-corrected chi connectivity index (χ0v) is 12.1. The van der Waals surface area contributed by atoms with Gasteiger partial charge in [-0.1, -0.05) is 22.9 Å². The van der Waals surface area contributed by atoms with Crippen LogP contribution in [0.15, 0.2) is 34.9 Å². The van der Waals surface area contributed by atoms with Gasteiger partial charge >= 0.3 is 0 Å². The zero-order valence-electron chi connectivity index (χ0n) is 12.1. The average molecular weight is 274 g/mol. The molecule has 5 nitrogen and oxygen atoms in total. The number of hydrogen-bond acceptors (Lipinski definition) is 4. The number of hydrogen-bond donors (Lipinski definition) is 1. The lowest BCUT2D eigenvalue weighted by atomic mass is 10.1. The number of aryl methyl sites for hydroxylation is 2. The van der Waals surface area contributed by atoms with Crippen molar-refractivity contribution in [1.82, 2.24) is 5.16 Å². The van der Waals surface area contributed by atoms with Gasteiger partial charge in [0.1, 0.15) is 11.5 Å². The van der Waals surface area contributed by atoms with Gasteiger partial charge in [0.25, 0.3) is 5.91 Å². The van der Waals surface area contributed by atoms with E-state index in [2.05, 4.69) is 10.5 Å². The topological polar surface area (TPSA) is 64.4 Å². The van der Waals surface area contributed by atoms with Crippen molar-refractivity contribution in [3.63, 3.8) is 0 Å². The van der Waals surface area contributed by atoms with Gasteiger partial charge in [-0.3, -0.25) is 4.79 Å². The standard InChI is InChI=1S/C15H18N2O3/c1-10-5-7-12(8-6-10)19-15(3,4)14(18)16-13-9-11(2)20-17-13/h5-9H,1-4H3,(H,16,17,18). The molecule has 0 atom stereocenters. The summed E-state index contributed by atoms with van der Waals surface area (Å²) < 4.78 is 10.6. The normalized spacial score (nSPS) is 11.2. The molecule has 0 bridgehead atoms. The average Bonchev–Trinajstić information content (AvgIpc) is 2.77. The van der Waals surface area contributed by atoms with Crippen LogP contribution >= 0.6 is 0 Å². The number of nitrogens with zero attached hydrogens (tertiary/aromatic N) is 1. The van der Waals surface area contributed by atoms with E-state index in [0.717, 1.165) is 5.56 Å². The first kappa shape index (κ1) is 14.1. The number of ether oxygens (including phenoxy) is 1. The number of nitrogens with one attached hydrogen (secondary N) is 1. The molecular weight excluding hydrogens is 256 g/mol. The molecule has 0 spiro atoms. The quantitative estimate of drug-likeness (QED) is 0.930. The molecule has 106 valence electrons. The lowest BCUT2D eigenvalue weighted by Crippen LogP contribution is -2.42. The summed E-state index contributed by atoms with van der Waals surface area (Å²) in [6, 6.07) is 9.20. The van der Waals surface area contributed by atoms with Crippen LogP contribution in [0.4, 0.5) is 5.82 Å². The van der Waals surface area contributed by atoms with Crippen molar-refractivity contribution < 1.29 is 14.1 Å². The molecule has 0 radical (unpaired) electrons. The Balaban J connectivity index is 2.05. The smallest absolute Gasteiger partial charge is 0.269 e. The van der Waals surface area contributed by atoms with Gasteiger partial charge in [-0.15, -0.1) is 0 Å². The fraction of sp³-hybridized carbons (Fsp3) is 0.333. The van der Waals surface area contributed by atoms with Crippen molar-refractivity contribution in [3.05, 3.63) is 41.7 Å². The van der Waals surface area contributed by atoms with E-state index >= 15 is 0 Å². The van der Waals surface area contributed by atoms with Crippen LogP contribution in [0.2, 0.25) is 0 Å². The Labute approximate surface area is 117 Å². The molecule has 1 N–H and O–H groups in total. The molecular formula is C15H18N2O3. The summed E-state index contributed by atoms with van der Waals surface area (Å²) in [6.07, 6.45) is 0. The summed E-state index contributed by atoms with van der Waals surface area (Å²) in [5.74, 6) is 1.38. The second kappa shape index (κ2) is 5.36. The minimum atomic E-state index is -1.01. The molecule has 20 heavy (non-hydrogen) atoms. The minimum absolute atomic E-state index is 0.286. The van der Waals surface area contributed by atoms with E-state index in [0.29, 0.717) is 17.3 Å². The SMILES string of the molecule is Cc1ccc(OC(C)(C)C(=O)Nc2cc(C)on2)cc1. The zero-order chi connectivity index (χ0) is 14.8.